The Morgan fingerprint density at radius 2 is 2.00 bits per heavy atom. The number of carbonyl (C=O) groups excluding carboxylic acids is 1. The summed E-state index contributed by atoms with van der Waals surface area (Å²) in [6, 6.07) is 7.77. The molecule has 2 aliphatic heterocycles. The Morgan fingerprint density at radius 1 is 1.20 bits per heavy atom. The average Bonchev–Trinajstić information content (AvgIpc) is 3.14. The standard InChI is InChI=1S/C18H27N3O3S/c22-18(20-12-10-15-6-4-11-19-14-15)17-9-5-13-21(17)25(23,24)16-7-2-1-3-8-16/h1-3,7-8,15,17,19H,4-6,9-14H2,(H,20,22). The molecule has 2 aliphatic rings. The molecule has 3 rings (SSSR count). The fraction of sp³-hybridized carbons (Fsp3) is 0.611. The summed E-state index contributed by atoms with van der Waals surface area (Å²) in [6.07, 6.45) is 4.63. The van der Waals surface area contributed by atoms with Gasteiger partial charge in [-0.3, -0.25) is 4.79 Å². The van der Waals surface area contributed by atoms with Crippen molar-refractivity contribution in [1.82, 2.24) is 14.9 Å². The van der Waals surface area contributed by atoms with E-state index in [2.05, 4.69) is 10.6 Å². The average molecular weight is 365 g/mol. The molecule has 1 aromatic carbocycles. The highest BCUT2D eigenvalue weighted by atomic mass is 32.2. The number of nitrogens with zero attached hydrogens (tertiary/aromatic N) is 1. The third kappa shape index (κ3) is 4.40. The van der Waals surface area contributed by atoms with Crippen molar-refractivity contribution in [2.45, 2.75) is 43.0 Å². The van der Waals surface area contributed by atoms with Crippen LogP contribution in [0.15, 0.2) is 35.2 Å². The molecule has 2 fully saturated rings. The molecule has 2 N–H and O–H groups in total. The quantitative estimate of drug-likeness (QED) is 0.798. The van der Waals surface area contributed by atoms with Crippen LogP contribution in [0.5, 0.6) is 0 Å². The molecule has 0 spiro atoms. The summed E-state index contributed by atoms with van der Waals surface area (Å²) < 4.78 is 27.0. The molecule has 7 heteroatoms. The van der Waals surface area contributed by atoms with Gasteiger partial charge in [0.1, 0.15) is 6.04 Å². The van der Waals surface area contributed by atoms with Gasteiger partial charge in [-0.15, -0.1) is 0 Å². The lowest BCUT2D eigenvalue weighted by molar-refractivity contribution is -0.124. The van der Waals surface area contributed by atoms with E-state index in [-0.39, 0.29) is 10.8 Å². The molecular formula is C18H27N3O3S. The predicted molar refractivity (Wildman–Crippen MR) is 96.6 cm³/mol. The topological polar surface area (TPSA) is 78.5 Å². The molecule has 138 valence electrons. The van der Waals surface area contributed by atoms with Crippen LogP contribution in [0.1, 0.15) is 32.1 Å². The maximum absolute atomic E-state index is 12.8. The van der Waals surface area contributed by atoms with Crippen LogP contribution >= 0.6 is 0 Å². The van der Waals surface area contributed by atoms with Crippen LogP contribution in [0.2, 0.25) is 0 Å². The monoisotopic (exact) mass is 365 g/mol. The SMILES string of the molecule is O=C(NCCC1CCCNC1)C1CCCN1S(=O)(=O)c1ccccc1. The summed E-state index contributed by atoms with van der Waals surface area (Å²) in [4.78, 5) is 12.8. The van der Waals surface area contributed by atoms with Crippen molar-refractivity contribution in [2.24, 2.45) is 5.92 Å². The third-order valence-electron chi connectivity index (χ3n) is 5.11. The highest BCUT2D eigenvalue weighted by molar-refractivity contribution is 7.89. The van der Waals surface area contributed by atoms with Crippen LogP contribution in [0.4, 0.5) is 0 Å². The number of rotatable bonds is 6. The number of hydrogen-bond acceptors (Lipinski definition) is 4. The molecule has 25 heavy (non-hydrogen) atoms. The smallest absolute Gasteiger partial charge is 0.243 e. The largest absolute Gasteiger partial charge is 0.355 e. The molecule has 1 aromatic rings. The van der Waals surface area contributed by atoms with Crippen LogP contribution in [0.3, 0.4) is 0 Å². The molecule has 0 saturated carbocycles. The second-order valence-electron chi connectivity index (χ2n) is 6.88. The van der Waals surface area contributed by atoms with Crippen molar-refractivity contribution >= 4 is 15.9 Å². The highest BCUT2D eigenvalue weighted by Gasteiger charge is 2.39. The van der Waals surface area contributed by atoms with Crippen LogP contribution in [-0.4, -0.2) is 50.9 Å². The molecule has 0 radical (unpaired) electrons. The molecule has 0 aliphatic carbocycles. The molecule has 2 saturated heterocycles. The fourth-order valence-corrected chi connectivity index (χ4v) is 5.38. The van der Waals surface area contributed by atoms with Gasteiger partial charge in [0.05, 0.1) is 4.90 Å². The minimum absolute atomic E-state index is 0.166. The van der Waals surface area contributed by atoms with E-state index in [0.717, 1.165) is 25.9 Å². The van der Waals surface area contributed by atoms with Gasteiger partial charge in [0, 0.05) is 13.1 Å². The van der Waals surface area contributed by atoms with E-state index in [1.54, 1.807) is 30.3 Å². The number of sulfonamides is 1. The molecule has 0 aromatic heterocycles. The Morgan fingerprint density at radius 3 is 2.72 bits per heavy atom. The Hall–Kier alpha value is -1.44. The molecule has 2 unspecified atom stereocenters. The van der Waals surface area contributed by atoms with Crippen molar-refractivity contribution in [1.29, 1.82) is 0 Å². The van der Waals surface area contributed by atoms with Crippen LogP contribution in [0.25, 0.3) is 0 Å². The first-order chi connectivity index (χ1) is 12.1. The summed E-state index contributed by atoms with van der Waals surface area (Å²) >= 11 is 0. The zero-order valence-electron chi connectivity index (χ0n) is 14.5. The van der Waals surface area contributed by atoms with E-state index in [4.69, 9.17) is 0 Å². The van der Waals surface area contributed by atoms with E-state index in [1.165, 1.54) is 17.1 Å². The highest BCUT2D eigenvalue weighted by Crippen LogP contribution is 2.26. The maximum Gasteiger partial charge on any atom is 0.243 e. The Balaban J connectivity index is 1.58. The molecule has 2 atom stereocenters. The zero-order valence-corrected chi connectivity index (χ0v) is 15.3. The predicted octanol–water partition coefficient (Wildman–Crippen LogP) is 1.35. The second-order valence-corrected chi connectivity index (χ2v) is 8.77. The Kier molecular flexibility index (Phi) is 6.09. The van der Waals surface area contributed by atoms with Crippen molar-refractivity contribution < 1.29 is 13.2 Å². The molecule has 2 heterocycles. The van der Waals surface area contributed by atoms with E-state index >= 15 is 0 Å². The van der Waals surface area contributed by atoms with Crippen molar-refractivity contribution in [3.05, 3.63) is 30.3 Å². The van der Waals surface area contributed by atoms with Crippen LogP contribution < -0.4 is 10.6 Å². The van der Waals surface area contributed by atoms with E-state index < -0.39 is 16.1 Å². The minimum Gasteiger partial charge on any atom is -0.355 e. The van der Waals surface area contributed by atoms with Gasteiger partial charge in [-0.1, -0.05) is 18.2 Å². The molecular weight excluding hydrogens is 338 g/mol. The van der Waals surface area contributed by atoms with Crippen molar-refractivity contribution in [3.63, 3.8) is 0 Å². The summed E-state index contributed by atoms with van der Waals surface area (Å²) in [5.41, 5.74) is 0. The normalized spacial score (nSPS) is 25.0. The first-order valence-corrected chi connectivity index (χ1v) is 10.6. The van der Waals surface area contributed by atoms with Gasteiger partial charge in [-0.25, -0.2) is 8.42 Å². The van der Waals surface area contributed by atoms with Crippen molar-refractivity contribution in [2.75, 3.05) is 26.2 Å². The fourth-order valence-electron chi connectivity index (χ4n) is 3.71. The van der Waals surface area contributed by atoms with Gasteiger partial charge in [0.25, 0.3) is 0 Å². The minimum atomic E-state index is -3.62. The Labute approximate surface area is 150 Å². The van der Waals surface area contributed by atoms with Gasteiger partial charge in [-0.05, 0) is 63.2 Å². The summed E-state index contributed by atoms with van der Waals surface area (Å²) in [6.45, 7) is 3.10. The lowest BCUT2D eigenvalue weighted by Gasteiger charge is -2.25. The van der Waals surface area contributed by atoms with Gasteiger partial charge >= 0.3 is 0 Å². The van der Waals surface area contributed by atoms with Gasteiger partial charge in [0.2, 0.25) is 15.9 Å². The number of benzene rings is 1. The number of nitrogens with one attached hydrogen (secondary N) is 2. The lowest BCUT2D eigenvalue weighted by Crippen LogP contribution is -2.46. The second kappa shape index (κ2) is 8.29. The number of piperidine rings is 1. The number of amides is 1. The van der Waals surface area contributed by atoms with Crippen LogP contribution in [0, 0.1) is 5.92 Å². The number of carbonyl (C=O) groups is 1. The summed E-state index contributed by atoms with van der Waals surface area (Å²) in [5, 5.41) is 6.33. The molecule has 0 bridgehead atoms. The lowest BCUT2D eigenvalue weighted by atomic mass is 9.96. The van der Waals surface area contributed by atoms with Gasteiger partial charge in [-0.2, -0.15) is 4.31 Å². The van der Waals surface area contributed by atoms with Crippen LogP contribution in [-0.2, 0) is 14.8 Å². The maximum atomic E-state index is 12.8. The first kappa shape index (κ1) is 18.4. The Bertz CT molecular complexity index is 672. The van der Waals surface area contributed by atoms with E-state index in [0.29, 0.717) is 25.4 Å². The van der Waals surface area contributed by atoms with Crippen molar-refractivity contribution in [3.8, 4) is 0 Å². The van der Waals surface area contributed by atoms with E-state index in [1.807, 2.05) is 0 Å². The molecule has 6 nitrogen and oxygen atoms in total. The first-order valence-electron chi connectivity index (χ1n) is 9.14. The zero-order chi connectivity index (χ0) is 17.7. The van der Waals surface area contributed by atoms with Gasteiger partial charge in [0.15, 0.2) is 0 Å². The molecule has 1 amide bonds. The third-order valence-corrected chi connectivity index (χ3v) is 7.03. The summed E-state index contributed by atoms with van der Waals surface area (Å²) in [5.74, 6) is 0.433. The number of hydrogen-bond donors (Lipinski definition) is 2. The van der Waals surface area contributed by atoms with Gasteiger partial charge < -0.3 is 10.6 Å². The summed E-state index contributed by atoms with van der Waals surface area (Å²) in [7, 11) is -3.62. The van der Waals surface area contributed by atoms with E-state index in [9.17, 15) is 13.2 Å².